The van der Waals surface area contributed by atoms with E-state index in [1.807, 2.05) is 18.2 Å². The van der Waals surface area contributed by atoms with Crippen molar-refractivity contribution in [3.8, 4) is 11.4 Å². The van der Waals surface area contributed by atoms with E-state index >= 15 is 0 Å². The molecule has 0 bridgehead atoms. The summed E-state index contributed by atoms with van der Waals surface area (Å²) in [5.74, 6) is 0.0352. The average molecular weight is 297 g/mol. The summed E-state index contributed by atoms with van der Waals surface area (Å²) in [5, 5.41) is 26.9. The molecule has 114 valence electrons. The van der Waals surface area contributed by atoms with E-state index in [2.05, 4.69) is 25.9 Å². The lowest BCUT2D eigenvalue weighted by molar-refractivity contribution is -0.664. The molecule has 1 aromatic heterocycles. The first-order valence-corrected chi connectivity index (χ1v) is 7.35. The molecule has 3 rings (SSSR count). The smallest absolute Gasteiger partial charge is 0.250 e. The maximum absolute atomic E-state index is 12.4. The molecule has 0 amide bonds. The number of para-hydroxylation sites is 1. The number of hydrogen-bond donors (Lipinski definition) is 1. The summed E-state index contributed by atoms with van der Waals surface area (Å²) in [4.78, 5) is 1.91. The van der Waals surface area contributed by atoms with E-state index in [0.29, 0.717) is 21.6 Å². The van der Waals surface area contributed by atoms with Crippen LogP contribution in [0.15, 0.2) is 42.5 Å². The normalized spacial score (nSPS) is 12.0. The molecule has 0 unspecified atom stereocenters. The van der Waals surface area contributed by atoms with E-state index < -0.39 is 0 Å². The maximum atomic E-state index is 12.4. The van der Waals surface area contributed by atoms with Crippen molar-refractivity contribution in [2.45, 2.75) is 32.6 Å². The minimum Gasteiger partial charge on any atom is -0.692 e. The topological polar surface area (TPSA) is 65.0 Å². The molecule has 0 aliphatic carbocycles. The lowest BCUT2D eigenvalue weighted by atomic mass is 9.82. The zero-order valence-corrected chi connectivity index (χ0v) is 12.9. The van der Waals surface area contributed by atoms with Gasteiger partial charge in [-0.25, -0.2) is 0 Å². The third-order valence-electron chi connectivity index (χ3n) is 4.32. The van der Waals surface area contributed by atoms with E-state index in [4.69, 9.17) is 0 Å². The SMILES string of the molecule is CCC(C)(C)c1ccc(O)c(-n2nc3ccccc3[n+]2[O-])c1. The molecular formula is C17H19N3O2. The Hall–Kier alpha value is -2.56. The van der Waals surface area contributed by atoms with Crippen molar-refractivity contribution in [2.24, 2.45) is 0 Å². The van der Waals surface area contributed by atoms with Gasteiger partial charge in [-0.1, -0.05) is 39.0 Å². The zero-order valence-electron chi connectivity index (χ0n) is 12.9. The molecule has 5 heteroatoms. The van der Waals surface area contributed by atoms with Crippen molar-refractivity contribution in [3.63, 3.8) is 0 Å². The quantitative estimate of drug-likeness (QED) is 0.597. The van der Waals surface area contributed by atoms with Gasteiger partial charge in [-0.05, 0) is 46.5 Å². The molecule has 22 heavy (non-hydrogen) atoms. The summed E-state index contributed by atoms with van der Waals surface area (Å²) < 4.78 is 0. The van der Waals surface area contributed by atoms with E-state index in [1.54, 1.807) is 24.3 Å². The van der Waals surface area contributed by atoms with Gasteiger partial charge >= 0.3 is 0 Å². The summed E-state index contributed by atoms with van der Waals surface area (Å²) in [6.07, 6.45) is 0.954. The Labute approximate surface area is 129 Å². The number of rotatable bonds is 3. The van der Waals surface area contributed by atoms with Gasteiger partial charge in [0.05, 0.1) is 5.10 Å². The highest BCUT2D eigenvalue weighted by atomic mass is 16.5. The first-order chi connectivity index (χ1) is 10.4. The monoisotopic (exact) mass is 297 g/mol. The number of phenols is 1. The third kappa shape index (κ3) is 2.19. The fourth-order valence-corrected chi connectivity index (χ4v) is 2.42. The number of nitrogens with zero attached hydrogens (tertiary/aromatic N) is 3. The van der Waals surface area contributed by atoms with E-state index in [1.165, 1.54) is 4.80 Å². The van der Waals surface area contributed by atoms with Gasteiger partial charge in [0, 0.05) is 0 Å². The predicted molar refractivity (Wildman–Crippen MR) is 85.0 cm³/mol. The van der Waals surface area contributed by atoms with Crippen LogP contribution in [-0.4, -0.2) is 15.0 Å². The molecule has 5 nitrogen and oxygen atoms in total. The highest BCUT2D eigenvalue weighted by molar-refractivity contribution is 5.70. The number of aromatic hydroxyl groups is 1. The van der Waals surface area contributed by atoms with Crippen LogP contribution >= 0.6 is 0 Å². The predicted octanol–water partition coefficient (Wildman–Crippen LogP) is 3.05. The van der Waals surface area contributed by atoms with Crippen LogP contribution in [0.1, 0.15) is 32.8 Å². The van der Waals surface area contributed by atoms with Crippen molar-refractivity contribution in [1.82, 2.24) is 9.90 Å². The molecule has 0 atom stereocenters. The molecule has 1 N–H and O–H groups in total. The van der Waals surface area contributed by atoms with Gasteiger partial charge in [-0.2, -0.15) is 0 Å². The Morgan fingerprint density at radius 2 is 1.95 bits per heavy atom. The Balaban J connectivity index is 2.22. The van der Waals surface area contributed by atoms with Crippen molar-refractivity contribution < 1.29 is 9.95 Å². The van der Waals surface area contributed by atoms with Crippen LogP contribution in [0, 0.1) is 5.21 Å². The van der Waals surface area contributed by atoms with Crippen molar-refractivity contribution >= 4 is 11.0 Å². The van der Waals surface area contributed by atoms with Crippen molar-refractivity contribution in [3.05, 3.63) is 53.2 Å². The van der Waals surface area contributed by atoms with E-state index in [-0.39, 0.29) is 11.2 Å². The highest BCUT2D eigenvalue weighted by Gasteiger charge is 2.23. The fraction of sp³-hybridized carbons (Fsp3) is 0.294. The lowest BCUT2D eigenvalue weighted by Crippen LogP contribution is -2.37. The minimum atomic E-state index is -0.0389. The van der Waals surface area contributed by atoms with Gasteiger partial charge in [0.1, 0.15) is 5.75 Å². The van der Waals surface area contributed by atoms with Crippen LogP contribution in [0.4, 0.5) is 0 Å². The molecule has 2 aromatic carbocycles. The molecule has 0 fully saturated rings. The molecule has 0 aliphatic heterocycles. The second-order valence-corrected chi connectivity index (χ2v) is 6.09. The maximum Gasteiger partial charge on any atom is 0.250 e. The number of aromatic nitrogens is 3. The Morgan fingerprint density at radius 3 is 2.64 bits per heavy atom. The zero-order chi connectivity index (χ0) is 15.9. The molecule has 3 aromatic rings. The largest absolute Gasteiger partial charge is 0.692 e. The Morgan fingerprint density at radius 1 is 1.23 bits per heavy atom. The third-order valence-corrected chi connectivity index (χ3v) is 4.32. The van der Waals surface area contributed by atoms with Gasteiger partial charge in [0.2, 0.25) is 11.0 Å². The number of hydrogen-bond acceptors (Lipinski definition) is 3. The fourth-order valence-electron chi connectivity index (χ4n) is 2.42. The van der Waals surface area contributed by atoms with Gasteiger partial charge in [0.25, 0.3) is 0 Å². The minimum absolute atomic E-state index is 0.0352. The lowest BCUT2D eigenvalue weighted by Gasteiger charge is -2.23. The molecule has 0 radical (unpaired) electrons. The van der Waals surface area contributed by atoms with Crippen LogP contribution in [0.3, 0.4) is 0 Å². The van der Waals surface area contributed by atoms with Crippen LogP contribution < -0.4 is 4.85 Å². The Kier molecular flexibility index (Phi) is 3.28. The molecule has 0 saturated carbocycles. The number of benzene rings is 2. The molecule has 1 heterocycles. The summed E-state index contributed by atoms with van der Waals surface area (Å²) in [5.41, 5.74) is 2.48. The van der Waals surface area contributed by atoms with Gasteiger partial charge in [-0.15, -0.1) is 4.85 Å². The Bertz CT molecular complexity index is 837. The highest BCUT2D eigenvalue weighted by Crippen LogP contribution is 2.31. The van der Waals surface area contributed by atoms with E-state index in [0.717, 1.165) is 12.0 Å². The van der Waals surface area contributed by atoms with Gasteiger partial charge in [0.15, 0.2) is 5.69 Å². The second-order valence-electron chi connectivity index (χ2n) is 6.09. The van der Waals surface area contributed by atoms with Crippen LogP contribution in [0.2, 0.25) is 0 Å². The van der Waals surface area contributed by atoms with Crippen molar-refractivity contribution in [1.29, 1.82) is 0 Å². The molecular weight excluding hydrogens is 278 g/mol. The van der Waals surface area contributed by atoms with Crippen LogP contribution in [-0.2, 0) is 5.41 Å². The van der Waals surface area contributed by atoms with Gasteiger partial charge in [-0.3, -0.25) is 0 Å². The second kappa shape index (κ2) is 5.02. The van der Waals surface area contributed by atoms with Crippen LogP contribution in [0.5, 0.6) is 5.75 Å². The summed E-state index contributed by atoms with van der Waals surface area (Å²) in [6, 6.07) is 12.4. The summed E-state index contributed by atoms with van der Waals surface area (Å²) in [6.45, 7) is 6.38. The van der Waals surface area contributed by atoms with Crippen molar-refractivity contribution in [2.75, 3.05) is 0 Å². The average Bonchev–Trinajstić information content (AvgIpc) is 2.85. The summed E-state index contributed by atoms with van der Waals surface area (Å²) in [7, 11) is 0. The summed E-state index contributed by atoms with van der Waals surface area (Å²) >= 11 is 0. The van der Waals surface area contributed by atoms with Crippen LogP contribution in [0.25, 0.3) is 16.7 Å². The molecule has 0 aliphatic rings. The number of phenolic OH excluding ortho intramolecular Hbond substituents is 1. The van der Waals surface area contributed by atoms with E-state index in [9.17, 15) is 10.3 Å². The first kappa shape index (κ1) is 14.4. The standard InChI is InChI=1S/C17H19N3O2/c1-4-17(2,3)12-9-10-16(21)15(11-12)19-18-13-7-5-6-8-14(13)20(19)22/h5-11,21H,4H2,1-3H3. The molecule has 0 saturated heterocycles. The van der Waals surface area contributed by atoms with Gasteiger partial charge < -0.3 is 10.3 Å². The molecule has 0 spiro atoms. The number of fused-ring (bicyclic) bond motifs is 1. The first-order valence-electron chi connectivity index (χ1n) is 7.35.